The third-order valence-corrected chi connectivity index (χ3v) is 3.90. The zero-order valence-corrected chi connectivity index (χ0v) is 13.3. The van der Waals surface area contributed by atoms with Crippen molar-refractivity contribution in [2.24, 2.45) is 0 Å². The van der Waals surface area contributed by atoms with Crippen molar-refractivity contribution in [2.75, 3.05) is 14.2 Å². The zero-order valence-electron chi connectivity index (χ0n) is 11.8. The van der Waals surface area contributed by atoms with Gasteiger partial charge in [-0.1, -0.05) is 35.3 Å². The molecule has 0 aliphatic heterocycles. The van der Waals surface area contributed by atoms with Crippen molar-refractivity contribution >= 4 is 23.2 Å². The average Bonchev–Trinajstić information content (AvgIpc) is 2.48. The molecule has 0 aromatic heterocycles. The van der Waals surface area contributed by atoms with Crippen molar-refractivity contribution in [2.45, 2.75) is 12.5 Å². The molecule has 112 valence electrons. The van der Waals surface area contributed by atoms with Crippen LogP contribution >= 0.6 is 23.2 Å². The molecule has 21 heavy (non-hydrogen) atoms. The van der Waals surface area contributed by atoms with Crippen molar-refractivity contribution in [3.63, 3.8) is 0 Å². The molecule has 2 nitrogen and oxygen atoms in total. The molecule has 0 fully saturated rings. The Balaban J connectivity index is 2.35. The number of nitrogens with one attached hydrogen (secondary N) is 1. The summed E-state index contributed by atoms with van der Waals surface area (Å²) in [6, 6.07) is 10.2. The molecule has 0 bridgehead atoms. The molecule has 2 aromatic carbocycles. The van der Waals surface area contributed by atoms with Crippen LogP contribution in [0.2, 0.25) is 10.0 Å². The highest BCUT2D eigenvalue weighted by atomic mass is 35.5. The number of methoxy groups -OCH3 is 1. The smallest absolute Gasteiger partial charge is 0.146 e. The predicted octanol–water partition coefficient (Wildman–Crippen LogP) is 4.64. The fourth-order valence-electron chi connectivity index (χ4n) is 2.28. The Hall–Kier alpha value is -1.29. The molecule has 0 saturated heterocycles. The van der Waals surface area contributed by atoms with Gasteiger partial charge in [-0.15, -0.1) is 0 Å². The van der Waals surface area contributed by atoms with Gasteiger partial charge in [-0.05, 0) is 43.3 Å². The summed E-state index contributed by atoms with van der Waals surface area (Å²) in [6.07, 6.45) is 0.539. The Morgan fingerprint density at radius 1 is 1.24 bits per heavy atom. The van der Waals surface area contributed by atoms with Crippen LogP contribution in [-0.4, -0.2) is 14.2 Å². The summed E-state index contributed by atoms with van der Waals surface area (Å²) >= 11 is 11.9. The van der Waals surface area contributed by atoms with Gasteiger partial charge in [-0.3, -0.25) is 0 Å². The lowest BCUT2D eigenvalue weighted by molar-refractivity contribution is 0.406. The summed E-state index contributed by atoms with van der Waals surface area (Å²) in [7, 11) is 3.38. The third-order valence-electron chi connectivity index (χ3n) is 3.37. The Morgan fingerprint density at radius 3 is 2.67 bits per heavy atom. The highest BCUT2D eigenvalue weighted by molar-refractivity contribution is 6.31. The van der Waals surface area contributed by atoms with E-state index in [1.807, 2.05) is 6.07 Å². The van der Waals surface area contributed by atoms with Crippen LogP contribution in [0.3, 0.4) is 0 Å². The standard InChI is InChI=1S/C16H16Cl2FNO/c1-20-14(12-4-3-5-13(18)16(12)19)9-10-8-11(17)6-7-15(10)21-2/h3-8,14,20H,9H2,1-2H3. The first kappa shape index (κ1) is 16.1. The minimum atomic E-state index is -0.403. The Labute approximate surface area is 133 Å². The predicted molar refractivity (Wildman–Crippen MR) is 84.9 cm³/mol. The first-order valence-corrected chi connectivity index (χ1v) is 7.26. The van der Waals surface area contributed by atoms with Crippen LogP contribution in [0.4, 0.5) is 4.39 Å². The van der Waals surface area contributed by atoms with E-state index in [1.165, 1.54) is 6.07 Å². The fourth-order valence-corrected chi connectivity index (χ4v) is 2.66. The van der Waals surface area contributed by atoms with E-state index < -0.39 is 5.82 Å². The van der Waals surface area contributed by atoms with Crippen LogP contribution in [0.5, 0.6) is 5.75 Å². The quantitative estimate of drug-likeness (QED) is 0.863. The molecular weight excluding hydrogens is 312 g/mol. The van der Waals surface area contributed by atoms with Crippen LogP contribution in [0, 0.1) is 5.82 Å². The summed E-state index contributed by atoms with van der Waals surface area (Å²) in [5.41, 5.74) is 1.43. The lowest BCUT2D eigenvalue weighted by atomic mass is 9.98. The second-order valence-electron chi connectivity index (χ2n) is 4.64. The first-order valence-electron chi connectivity index (χ1n) is 6.50. The van der Waals surface area contributed by atoms with Gasteiger partial charge in [0.15, 0.2) is 0 Å². The molecule has 0 spiro atoms. The minimum absolute atomic E-state index is 0.116. The second-order valence-corrected chi connectivity index (χ2v) is 5.49. The summed E-state index contributed by atoms with van der Waals surface area (Å²) < 4.78 is 19.5. The Kier molecular flexibility index (Phi) is 5.45. The molecule has 0 heterocycles. The number of hydrogen-bond donors (Lipinski definition) is 1. The summed E-state index contributed by atoms with van der Waals surface area (Å²) in [5.74, 6) is 0.321. The fraction of sp³-hybridized carbons (Fsp3) is 0.250. The zero-order chi connectivity index (χ0) is 15.4. The molecule has 1 N–H and O–H groups in total. The highest BCUT2D eigenvalue weighted by Crippen LogP contribution is 2.30. The van der Waals surface area contributed by atoms with E-state index in [9.17, 15) is 4.39 Å². The number of halogens is 3. The Morgan fingerprint density at radius 2 is 2.00 bits per heavy atom. The lowest BCUT2D eigenvalue weighted by Crippen LogP contribution is -2.20. The summed E-state index contributed by atoms with van der Waals surface area (Å²) in [6.45, 7) is 0. The molecule has 0 amide bonds. The first-order chi connectivity index (χ1) is 10.1. The normalized spacial score (nSPS) is 12.2. The molecule has 5 heteroatoms. The average molecular weight is 328 g/mol. The third kappa shape index (κ3) is 3.67. The lowest BCUT2D eigenvalue weighted by Gasteiger charge is -2.19. The van der Waals surface area contributed by atoms with Gasteiger partial charge in [0.05, 0.1) is 12.1 Å². The van der Waals surface area contributed by atoms with Gasteiger partial charge in [0.25, 0.3) is 0 Å². The molecule has 0 radical (unpaired) electrons. The molecular formula is C16H16Cl2FNO. The van der Waals surface area contributed by atoms with Gasteiger partial charge >= 0.3 is 0 Å². The summed E-state index contributed by atoms with van der Waals surface area (Å²) in [4.78, 5) is 0. The van der Waals surface area contributed by atoms with Crippen molar-refractivity contribution < 1.29 is 9.13 Å². The van der Waals surface area contributed by atoms with E-state index in [0.29, 0.717) is 17.0 Å². The number of rotatable bonds is 5. The van der Waals surface area contributed by atoms with Gasteiger partial charge in [0, 0.05) is 16.6 Å². The van der Waals surface area contributed by atoms with E-state index in [1.54, 1.807) is 38.4 Å². The van der Waals surface area contributed by atoms with Gasteiger partial charge in [0.2, 0.25) is 0 Å². The number of benzene rings is 2. The van der Waals surface area contributed by atoms with Crippen LogP contribution in [-0.2, 0) is 6.42 Å². The SMILES string of the molecule is CNC(Cc1cc(Cl)ccc1OC)c1cccc(Cl)c1F. The molecule has 0 saturated carbocycles. The maximum absolute atomic E-state index is 14.2. The van der Waals surface area contributed by atoms with Crippen LogP contribution < -0.4 is 10.1 Å². The van der Waals surface area contributed by atoms with E-state index >= 15 is 0 Å². The topological polar surface area (TPSA) is 21.3 Å². The largest absolute Gasteiger partial charge is 0.496 e. The molecule has 2 rings (SSSR count). The minimum Gasteiger partial charge on any atom is -0.496 e. The number of ether oxygens (including phenoxy) is 1. The van der Waals surface area contributed by atoms with Gasteiger partial charge in [0.1, 0.15) is 11.6 Å². The van der Waals surface area contributed by atoms with Crippen molar-refractivity contribution in [1.82, 2.24) is 5.32 Å². The van der Waals surface area contributed by atoms with E-state index in [-0.39, 0.29) is 11.1 Å². The maximum atomic E-state index is 14.2. The molecule has 0 aliphatic carbocycles. The van der Waals surface area contributed by atoms with Crippen molar-refractivity contribution in [3.05, 3.63) is 63.4 Å². The van der Waals surface area contributed by atoms with Gasteiger partial charge in [-0.25, -0.2) is 4.39 Å². The van der Waals surface area contributed by atoms with Crippen LogP contribution in [0.15, 0.2) is 36.4 Å². The number of hydrogen-bond acceptors (Lipinski definition) is 2. The molecule has 2 aromatic rings. The van der Waals surface area contributed by atoms with Gasteiger partial charge in [-0.2, -0.15) is 0 Å². The molecule has 1 unspecified atom stereocenters. The van der Waals surface area contributed by atoms with E-state index in [0.717, 1.165) is 11.3 Å². The van der Waals surface area contributed by atoms with E-state index in [4.69, 9.17) is 27.9 Å². The van der Waals surface area contributed by atoms with Crippen molar-refractivity contribution in [1.29, 1.82) is 0 Å². The highest BCUT2D eigenvalue weighted by Gasteiger charge is 2.18. The Bertz CT molecular complexity index is 634. The second kappa shape index (κ2) is 7.12. The monoisotopic (exact) mass is 327 g/mol. The van der Waals surface area contributed by atoms with Crippen molar-refractivity contribution in [3.8, 4) is 5.75 Å². The van der Waals surface area contributed by atoms with Gasteiger partial charge < -0.3 is 10.1 Å². The molecule has 1 atom stereocenters. The number of likely N-dealkylation sites (N-methyl/N-ethyl adjacent to an activating group) is 1. The van der Waals surface area contributed by atoms with Crippen LogP contribution in [0.25, 0.3) is 0 Å². The maximum Gasteiger partial charge on any atom is 0.146 e. The molecule has 0 aliphatic rings. The van der Waals surface area contributed by atoms with Crippen LogP contribution in [0.1, 0.15) is 17.2 Å². The van der Waals surface area contributed by atoms with E-state index in [2.05, 4.69) is 5.32 Å². The summed E-state index contributed by atoms with van der Waals surface area (Å²) in [5, 5.41) is 3.84.